The van der Waals surface area contributed by atoms with Crippen LogP contribution in [-0.4, -0.2) is 16.1 Å². The van der Waals surface area contributed by atoms with Gasteiger partial charge in [0.1, 0.15) is 17.6 Å². The van der Waals surface area contributed by atoms with Crippen LogP contribution >= 0.6 is 11.6 Å². The summed E-state index contributed by atoms with van der Waals surface area (Å²) in [5.74, 6) is 2.63. The van der Waals surface area contributed by atoms with E-state index >= 15 is 0 Å². The van der Waals surface area contributed by atoms with Crippen molar-refractivity contribution in [2.75, 3.05) is 0 Å². The van der Waals surface area contributed by atoms with Crippen molar-refractivity contribution >= 4 is 11.6 Å². The van der Waals surface area contributed by atoms with Gasteiger partial charge < -0.3 is 4.74 Å². The first kappa shape index (κ1) is 15.6. The smallest absolute Gasteiger partial charge is 0.221 e. The molecule has 0 N–H and O–H groups in total. The highest BCUT2D eigenvalue weighted by molar-refractivity contribution is 6.30. The van der Waals surface area contributed by atoms with Gasteiger partial charge in [-0.2, -0.15) is 0 Å². The summed E-state index contributed by atoms with van der Waals surface area (Å²) in [6.07, 6.45) is 6.18. The molecule has 0 aromatic carbocycles. The van der Waals surface area contributed by atoms with Gasteiger partial charge in [0.25, 0.3) is 0 Å². The quantitative estimate of drug-likeness (QED) is 0.766. The Morgan fingerprint density at radius 3 is 2.75 bits per heavy atom. The van der Waals surface area contributed by atoms with E-state index in [9.17, 15) is 0 Å². The third-order valence-electron chi connectivity index (χ3n) is 4.43. The van der Waals surface area contributed by atoms with Crippen LogP contribution in [0.4, 0.5) is 0 Å². The third-order valence-corrected chi connectivity index (χ3v) is 4.76. The molecule has 3 unspecified atom stereocenters. The van der Waals surface area contributed by atoms with E-state index in [0.29, 0.717) is 22.9 Å². The lowest BCUT2D eigenvalue weighted by molar-refractivity contribution is 0.0418. The molecule has 1 aliphatic rings. The van der Waals surface area contributed by atoms with E-state index in [0.717, 1.165) is 24.3 Å². The van der Waals surface area contributed by atoms with E-state index in [-0.39, 0.29) is 6.10 Å². The molecule has 3 atom stereocenters. The van der Waals surface area contributed by atoms with Crippen molar-refractivity contribution in [2.24, 2.45) is 17.8 Å². The molecular weight excluding hydrogens is 272 g/mol. The fourth-order valence-electron chi connectivity index (χ4n) is 3.17. The zero-order valence-electron chi connectivity index (χ0n) is 12.9. The second kappa shape index (κ2) is 6.75. The number of aromatic nitrogens is 2. The summed E-state index contributed by atoms with van der Waals surface area (Å²) in [5.41, 5.74) is 0.926. The van der Waals surface area contributed by atoms with Crippen molar-refractivity contribution in [3.63, 3.8) is 0 Å². The van der Waals surface area contributed by atoms with E-state index in [1.54, 1.807) is 0 Å². The van der Waals surface area contributed by atoms with Gasteiger partial charge in [-0.15, -0.1) is 0 Å². The van der Waals surface area contributed by atoms with Crippen LogP contribution in [0.3, 0.4) is 0 Å². The predicted molar refractivity (Wildman–Crippen MR) is 82.2 cm³/mol. The van der Waals surface area contributed by atoms with Gasteiger partial charge in [0.05, 0.1) is 5.56 Å². The Hall–Kier alpha value is -0.830. The molecule has 1 aromatic heterocycles. The fourth-order valence-corrected chi connectivity index (χ4v) is 3.43. The summed E-state index contributed by atoms with van der Waals surface area (Å²) in [4.78, 5) is 8.35. The van der Waals surface area contributed by atoms with Gasteiger partial charge in [-0.25, -0.2) is 9.97 Å². The van der Waals surface area contributed by atoms with Crippen molar-refractivity contribution < 1.29 is 4.74 Å². The minimum atomic E-state index is 0.245. The molecule has 112 valence electrons. The fraction of sp³-hybridized carbons (Fsp3) is 0.750. The molecule has 0 amide bonds. The molecule has 1 aliphatic carbocycles. The largest absolute Gasteiger partial charge is 0.474 e. The van der Waals surface area contributed by atoms with Crippen LogP contribution in [0.15, 0.2) is 6.33 Å². The van der Waals surface area contributed by atoms with E-state index in [2.05, 4.69) is 37.7 Å². The van der Waals surface area contributed by atoms with Crippen LogP contribution in [0.5, 0.6) is 5.88 Å². The molecule has 2 rings (SSSR count). The lowest BCUT2D eigenvalue weighted by Crippen LogP contribution is -2.36. The van der Waals surface area contributed by atoms with E-state index < -0.39 is 0 Å². The molecule has 20 heavy (non-hydrogen) atoms. The Kier molecular flexibility index (Phi) is 5.25. The van der Waals surface area contributed by atoms with Crippen molar-refractivity contribution in [3.05, 3.63) is 17.0 Å². The Labute approximate surface area is 127 Å². The minimum Gasteiger partial charge on any atom is -0.474 e. The van der Waals surface area contributed by atoms with Gasteiger partial charge in [0.15, 0.2) is 0 Å². The first-order valence-corrected chi connectivity index (χ1v) is 8.06. The average Bonchev–Trinajstić information content (AvgIpc) is 2.38. The monoisotopic (exact) mass is 296 g/mol. The van der Waals surface area contributed by atoms with Crippen LogP contribution < -0.4 is 4.74 Å². The van der Waals surface area contributed by atoms with Gasteiger partial charge in [-0.05, 0) is 37.0 Å². The van der Waals surface area contributed by atoms with Crippen molar-refractivity contribution in [2.45, 2.75) is 59.5 Å². The van der Waals surface area contributed by atoms with Gasteiger partial charge in [0, 0.05) is 0 Å². The van der Waals surface area contributed by atoms with Crippen molar-refractivity contribution in [1.82, 2.24) is 9.97 Å². The first-order chi connectivity index (χ1) is 9.52. The van der Waals surface area contributed by atoms with Gasteiger partial charge in [-0.1, -0.05) is 45.7 Å². The molecule has 0 bridgehead atoms. The first-order valence-electron chi connectivity index (χ1n) is 7.68. The van der Waals surface area contributed by atoms with E-state index in [4.69, 9.17) is 16.3 Å². The third kappa shape index (κ3) is 3.43. The minimum absolute atomic E-state index is 0.245. The number of rotatable bonds is 4. The van der Waals surface area contributed by atoms with Crippen LogP contribution in [0.25, 0.3) is 0 Å². The zero-order chi connectivity index (χ0) is 14.7. The summed E-state index contributed by atoms with van der Waals surface area (Å²) < 4.78 is 6.27. The number of halogens is 1. The zero-order valence-corrected chi connectivity index (χ0v) is 13.7. The Bertz CT molecular complexity index is 450. The summed E-state index contributed by atoms with van der Waals surface area (Å²) in [6, 6.07) is 0. The number of ether oxygens (including phenoxy) is 1. The van der Waals surface area contributed by atoms with E-state index in [1.165, 1.54) is 19.2 Å². The lowest BCUT2D eigenvalue weighted by atomic mass is 9.75. The molecule has 0 saturated heterocycles. The molecule has 0 aliphatic heterocycles. The predicted octanol–water partition coefficient (Wildman–Crippen LogP) is 4.53. The second-order valence-corrected chi connectivity index (χ2v) is 6.64. The van der Waals surface area contributed by atoms with Crippen LogP contribution in [0.1, 0.15) is 52.5 Å². The van der Waals surface area contributed by atoms with Crippen LogP contribution in [0.2, 0.25) is 5.15 Å². The average molecular weight is 297 g/mol. The maximum absolute atomic E-state index is 6.27. The van der Waals surface area contributed by atoms with Crippen molar-refractivity contribution in [3.8, 4) is 5.88 Å². The Morgan fingerprint density at radius 1 is 1.35 bits per heavy atom. The highest BCUT2D eigenvalue weighted by Gasteiger charge is 2.33. The van der Waals surface area contributed by atoms with Gasteiger partial charge in [-0.3, -0.25) is 0 Å². The summed E-state index contributed by atoms with van der Waals surface area (Å²) in [5, 5.41) is 0.516. The Balaban J connectivity index is 2.20. The molecular formula is C16H25ClN2O. The molecule has 1 fully saturated rings. The number of hydrogen-bond donors (Lipinski definition) is 0. The Morgan fingerprint density at radius 2 is 2.10 bits per heavy atom. The number of hydrogen-bond acceptors (Lipinski definition) is 3. The number of nitrogens with zero attached hydrogens (tertiary/aromatic N) is 2. The van der Waals surface area contributed by atoms with Crippen LogP contribution in [-0.2, 0) is 6.42 Å². The SMILES string of the molecule is CCc1c(Cl)ncnc1OC1CC(C)CCC1C(C)C. The summed E-state index contributed by atoms with van der Waals surface area (Å²) in [7, 11) is 0. The standard InChI is InChI=1S/C16H25ClN2O/c1-5-12-15(17)18-9-19-16(12)20-14-8-11(4)6-7-13(14)10(2)3/h9-11,13-14H,5-8H2,1-4H3. The maximum atomic E-state index is 6.27. The van der Waals surface area contributed by atoms with Crippen LogP contribution in [0, 0.1) is 17.8 Å². The molecule has 3 nitrogen and oxygen atoms in total. The normalized spacial score (nSPS) is 26.8. The molecule has 1 aromatic rings. The molecule has 1 saturated carbocycles. The second-order valence-electron chi connectivity index (χ2n) is 6.28. The maximum Gasteiger partial charge on any atom is 0.221 e. The van der Waals surface area contributed by atoms with E-state index in [1.807, 2.05) is 0 Å². The summed E-state index contributed by atoms with van der Waals surface area (Å²) >= 11 is 6.14. The van der Waals surface area contributed by atoms with Crippen molar-refractivity contribution in [1.29, 1.82) is 0 Å². The lowest BCUT2D eigenvalue weighted by Gasteiger charge is -2.37. The highest BCUT2D eigenvalue weighted by Crippen LogP contribution is 2.36. The molecule has 0 radical (unpaired) electrons. The van der Waals surface area contributed by atoms with Gasteiger partial charge >= 0.3 is 0 Å². The molecule has 0 spiro atoms. The highest BCUT2D eigenvalue weighted by atomic mass is 35.5. The van der Waals surface area contributed by atoms with Gasteiger partial charge in [0.2, 0.25) is 5.88 Å². The molecule has 1 heterocycles. The molecule has 4 heteroatoms. The topological polar surface area (TPSA) is 35.0 Å². The summed E-state index contributed by atoms with van der Waals surface area (Å²) in [6.45, 7) is 8.93.